The van der Waals surface area contributed by atoms with Crippen LogP contribution in [0.5, 0.6) is 0 Å². The van der Waals surface area contributed by atoms with Crippen LogP contribution in [0.2, 0.25) is 5.02 Å². The summed E-state index contributed by atoms with van der Waals surface area (Å²) in [5, 5.41) is 17.3. The molecule has 88 valence electrons. The zero-order valence-electron chi connectivity index (χ0n) is 8.56. The first-order valence-electron chi connectivity index (χ1n) is 4.45. The predicted molar refractivity (Wildman–Crippen MR) is 59.1 cm³/mol. The lowest BCUT2D eigenvalue weighted by molar-refractivity contribution is -0.383. The maximum Gasteiger partial charge on any atom is 0.359 e. The molecule has 0 radical (unpaired) electrons. The number of nitrogens with zero attached hydrogens (tertiary/aromatic N) is 2. The number of rotatable bonds is 2. The molecule has 1 heterocycles. The summed E-state index contributed by atoms with van der Waals surface area (Å²) < 4.78 is 4.49. The van der Waals surface area contributed by atoms with E-state index in [-0.39, 0.29) is 21.8 Å². The smallest absolute Gasteiger partial charge is 0.359 e. The second-order valence-corrected chi connectivity index (χ2v) is 3.60. The number of H-pyrrole nitrogens is 1. The van der Waals surface area contributed by atoms with Crippen LogP contribution in [0.15, 0.2) is 12.1 Å². The van der Waals surface area contributed by atoms with Gasteiger partial charge in [-0.15, -0.1) is 0 Å². The Morgan fingerprint density at radius 2 is 2.29 bits per heavy atom. The minimum atomic E-state index is -0.748. The number of carbonyl (C=O) groups excluding carboxylic acids is 1. The number of fused-ring (bicyclic) bond motifs is 1. The lowest BCUT2D eigenvalue weighted by atomic mass is 10.1. The number of hydrogen-bond acceptors (Lipinski definition) is 5. The van der Waals surface area contributed by atoms with Gasteiger partial charge in [0, 0.05) is 11.1 Å². The molecule has 0 saturated carbocycles. The fraction of sp³-hybridized carbons (Fsp3) is 0.111. The number of non-ortho nitro benzene ring substituents is 1. The molecule has 7 nitrogen and oxygen atoms in total. The van der Waals surface area contributed by atoms with Gasteiger partial charge in [-0.05, 0) is 6.07 Å². The van der Waals surface area contributed by atoms with Gasteiger partial charge in [0.2, 0.25) is 0 Å². The van der Waals surface area contributed by atoms with Crippen LogP contribution in [0.25, 0.3) is 10.9 Å². The molecule has 1 aromatic heterocycles. The number of nitro benzene ring substituents is 1. The van der Waals surface area contributed by atoms with Crippen LogP contribution in [0.3, 0.4) is 0 Å². The number of nitro groups is 1. The lowest BCUT2D eigenvalue weighted by Crippen LogP contribution is -2.03. The van der Waals surface area contributed by atoms with Crippen LogP contribution >= 0.6 is 11.6 Å². The van der Waals surface area contributed by atoms with Crippen molar-refractivity contribution in [1.82, 2.24) is 10.2 Å². The van der Waals surface area contributed by atoms with Crippen molar-refractivity contribution in [3.63, 3.8) is 0 Å². The number of nitrogens with one attached hydrogen (secondary N) is 1. The third-order valence-corrected chi connectivity index (χ3v) is 2.40. The quantitative estimate of drug-likeness (QED) is 0.502. The van der Waals surface area contributed by atoms with Crippen molar-refractivity contribution in [2.45, 2.75) is 0 Å². The van der Waals surface area contributed by atoms with Gasteiger partial charge in [-0.2, -0.15) is 5.10 Å². The van der Waals surface area contributed by atoms with E-state index < -0.39 is 10.9 Å². The molecule has 0 bridgehead atoms. The Morgan fingerprint density at radius 1 is 1.59 bits per heavy atom. The Hall–Kier alpha value is -2.15. The number of hydrogen-bond donors (Lipinski definition) is 1. The van der Waals surface area contributed by atoms with Crippen molar-refractivity contribution < 1.29 is 14.5 Å². The van der Waals surface area contributed by atoms with Gasteiger partial charge in [0.05, 0.1) is 17.5 Å². The zero-order valence-corrected chi connectivity index (χ0v) is 9.32. The molecular weight excluding hydrogens is 250 g/mol. The molecule has 8 heteroatoms. The van der Waals surface area contributed by atoms with E-state index in [0.29, 0.717) is 5.52 Å². The van der Waals surface area contributed by atoms with Gasteiger partial charge in [-0.25, -0.2) is 4.79 Å². The summed E-state index contributed by atoms with van der Waals surface area (Å²) in [5.74, 6) is -0.748. The van der Waals surface area contributed by atoms with Crippen LogP contribution in [-0.2, 0) is 4.74 Å². The van der Waals surface area contributed by atoms with E-state index in [2.05, 4.69) is 14.9 Å². The van der Waals surface area contributed by atoms with Crippen LogP contribution in [0, 0.1) is 10.1 Å². The second-order valence-electron chi connectivity index (χ2n) is 3.17. The van der Waals surface area contributed by atoms with Gasteiger partial charge < -0.3 is 4.74 Å². The summed E-state index contributed by atoms with van der Waals surface area (Å²) in [4.78, 5) is 21.6. The third kappa shape index (κ3) is 1.80. The van der Waals surface area contributed by atoms with Gasteiger partial charge in [0.15, 0.2) is 5.69 Å². The summed E-state index contributed by atoms with van der Waals surface area (Å²) in [6.45, 7) is 0. The number of aromatic amines is 1. The standard InChI is InChI=1S/C9H6ClN3O4/c1-17-9(14)8-7-5(11-12-8)2-4(10)3-6(7)13(15)16/h2-3H,1H3,(H,11,12). The first-order chi connectivity index (χ1) is 8.04. The number of esters is 1. The van der Waals surface area contributed by atoms with Gasteiger partial charge in [0.1, 0.15) is 5.39 Å². The van der Waals surface area contributed by atoms with E-state index in [0.717, 1.165) is 6.07 Å². The number of ether oxygens (including phenoxy) is 1. The Morgan fingerprint density at radius 3 is 2.88 bits per heavy atom. The van der Waals surface area contributed by atoms with Crippen LogP contribution in [0.1, 0.15) is 10.5 Å². The third-order valence-electron chi connectivity index (χ3n) is 2.18. The molecular formula is C9H6ClN3O4. The maximum atomic E-state index is 11.4. The normalized spacial score (nSPS) is 10.5. The SMILES string of the molecule is COC(=O)c1n[nH]c2cc(Cl)cc([N+](=O)[O-])c12. The number of methoxy groups -OCH3 is 1. The van der Waals surface area contributed by atoms with Gasteiger partial charge >= 0.3 is 5.97 Å². The summed E-state index contributed by atoms with van der Waals surface area (Å²) in [7, 11) is 1.17. The van der Waals surface area contributed by atoms with Crippen molar-refractivity contribution in [2.24, 2.45) is 0 Å². The van der Waals surface area contributed by atoms with E-state index in [1.165, 1.54) is 13.2 Å². The molecule has 17 heavy (non-hydrogen) atoms. The van der Waals surface area contributed by atoms with Crippen LogP contribution in [-0.4, -0.2) is 28.2 Å². The minimum absolute atomic E-state index is 0.0891. The van der Waals surface area contributed by atoms with Crippen LogP contribution in [0.4, 0.5) is 5.69 Å². The molecule has 2 rings (SSSR count). The number of carbonyl (C=O) groups is 1. The molecule has 1 N–H and O–H groups in total. The molecule has 0 atom stereocenters. The molecule has 0 amide bonds. The van der Waals surface area contributed by atoms with Crippen molar-refractivity contribution in [3.8, 4) is 0 Å². The van der Waals surface area contributed by atoms with Gasteiger partial charge in [0.25, 0.3) is 5.69 Å². The summed E-state index contributed by atoms with van der Waals surface area (Å²) >= 11 is 5.72. The Kier molecular flexibility index (Phi) is 2.68. The highest BCUT2D eigenvalue weighted by atomic mass is 35.5. The maximum absolute atomic E-state index is 11.4. The highest BCUT2D eigenvalue weighted by Gasteiger charge is 2.24. The highest BCUT2D eigenvalue weighted by Crippen LogP contribution is 2.31. The summed E-state index contributed by atoms with van der Waals surface area (Å²) in [6.07, 6.45) is 0. The minimum Gasteiger partial charge on any atom is -0.464 e. The molecule has 2 aromatic rings. The van der Waals surface area contributed by atoms with Crippen molar-refractivity contribution >= 4 is 34.2 Å². The monoisotopic (exact) mass is 255 g/mol. The molecule has 1 aromatic carbocycles. The average Bonchev–Trinajstić information content (AvgIpc) is 2.70. The topological polar surface area (TPSA) is 98.1 Å². The van der Waals surface area contributed by atoms with E-state index in [1.807, 2.05) is 0 Å². The fourth-order valence-electron chi connectivity index (χ4n) is 1.49. The number of aromatic nitrogens is 2. The van der Waals surface area contributed by atoms with Crippen molar-refractivity contribution in [2.75, 3.05) is 7.11 Å². The number of benzene rings is 1. The van der Waals surface area contributed by atoms with E-state index in [9.17, 15) is 14.9 Å². The van der Waals surface area contributed by atoms with E-state index >= 15 is 0 Å². The first-order valence-corrected chi connectivity index (χ1v) is 4.82. The predicted octanol–water partition coefficient (Wildman–Crippen LogP) is 1.91. The molecule has 0 fully saturated rings. The Bertz CT molecular complexity index is 622. The largest absolute Gasteiger partial charge is 0.464 e. The summed E-state index contributed by atoms with van der Waals surface area (Å²) in [6, 6.07) is 2.61. The molecule has 0 aliphatic heterocycles. The average molecular weight is 256 g/mol. The first kappa shape index (κ1) is 11.3. The number of halogens is 1. The van der Waals surface area contributed by atoms with E-state index in [4.69, 9.17) is 11.6 Å². The van der Waals surface area contributed by atoms with Crippen LogP contribution < -0.4 is 0 Å². The molecule has 0 aliphatic carbocycles. The van der Waals surface area contributed by atoms with Crippen molar-refractivity contribution in [1.29, 1.82) is 0 Å². The summed E-state index contributed by atoms with van der Waals surface area (Å²) in [5.41, 5.74) is -0.114. The second kappa shape index (κ2) is 4.02. The zero-order chi connectivity index (χ0) is 12.6. The molecule has 0 spiro atoms. The highest BCUT2D eigenvalue weighted by molar-refractivity contribution is 6.32. The molecule has 0 unspecified atom stereocenters. The van der Waals surface area contributed by atoms with Gasteiger partial charge in [-0.1, -0.05) is 11.6 Å². The Balaban J connectivity index is 2.82. The lowest BCUT2D eigenvalue weighted by Gasteiger charge is -1.97. The van der Waals surface area contributed by atoms with Crippen molar-refractivity contribution in [3.05, 3.63) is 33.0 Å². The molecule has 0 saturated heterocycles. The fourth-order valence-corrected chi connectivity index (χ4v) is 1.70. The van der Waals surface area contributed by atoms with Gasteiger partial charge in [-0.3, -0.25) is 15.2 Å². The van der Waals surface area contributed by atoms with E-state index in [1.54, 1.807) is 0 Å². The Labute approximate surface area is 99.5 Å². The molecule has 0 aliphatic rings.